The standard InChI is InChI=1S/C12H17NO5S/c1-8-4-5-10(9(2)6-8)19(17,18)13-7-12(3,16)11(14)15/h4-6,13,16H,7H2,1-3H3,(H,14,15). The molecule has 6 nitrogen and oxygen atoms in total. The van der Waals surface area contributed by atoms with Crippen LogP contribution in [0.2, 0.25) is 0 Å². The SMILES string of the molecule is Cc1ccc(S(=O)(=O)NCC(C)(O)C(=O)O)c(C)c1. The molecule has 0 aromatic heterocycles. The van der Waals surface area contributed by atoms with Crippen LogP contribution in [0.25, 0.3) is 0 Å². The average Bonchev–Trinajstić information content (AvgIpc) is 2.26. The van der Waals surface area contributed by atoms with Gasteiger partial charge < -0.3 is 10.2 Å². The molecule has 0 bridgehead atoms. The second-order valence-electron chi connectivity index (χ2n) is 4.67. The van der Waals surface area contributed by atoms with Gasteiger partial charge in [-0.1, -0.05) is 17.7 Å². The normalized spacial score (nSPS) is 14.9. The average molecular weight is 287 g/mol. The van der Waals surface area contributed by atoms with Crippen LogP contribution in [0, 0.1) is 13.8 Å². The first-order valence-corrected chi connectivity index (χ1v) is 7.07. The van der Waals surface area contributed by atoms with Gasteiger partial charge in [-0.3, -0.25) is 0 Å². The van der Waals surface area contributed by atoms with Crippen LogP contribution < -0.4 is 4.72 Å². The number of benzene rings is 1. The van der Waals surface area contributed by atoms with E-state index in [-0.39, 0.29) is 4.90 Å². The van der Waals surface area contributed by atoms with Crippen molar-refractivity contribution in [3.05, 3.63) is 29.3 Å². The lowest BCUT2D eigenvalue weighted by Crippen LogP contribution is -2.46. The van der Waals surface area contributed by atoms with Crippen LogP contribution in [-0.4, -0.2) is 36.7 Å². The summed E-state index contributed by atoms with van der Waals surface area (Å²) in [5.74, 6) is -1.49. The van der Waals surface area contributed by atoms with Gasteiger partial charge in [0.2, 0.25) is 10.0 Å². The highest BCUT2D eigenvalue weighted by Crippen LogP contribution is 2.16. The number of aryl methyl sites for hydroxylation is 2. The smallest absolute Gasteiger partial charge is 0.336 e. The molecular weight excluding hydrogens is 270 g/mol. The van der Waals surface area contributed by atoms with Crippen molar-refractivity contribution in [3.63, 3.8) is 0 Å². The number of aliphatic hydroxyl groups is 1. The Morgan fingerprint density at radius 1 is 1.37 bits per heavy atom. The third-order valence-electron chi connectivity index (χ3n) is 2.69. The first-order chi connectivity index (χ1) is 8.56. The van der Waals surface area contributed by atoms with Gasteiger partial charge in [-0.25, -0.2) is 17.9 Å². The molecule has 0 saturated heterocycles. The lowest BCUT2D eigenvalue weighted by atomic mass is 10.1. The summed E-state index contributed by atoms with van der Waals surface area (Å²) < 4.78 is 26.1. The van der Waals surface area contributed by atoms with Gasteiger partial charge in [0, 0.05) is 0 Å². The third kappa shape index (κ3) is 3.76. The Hall–Kier alpha value is -1.44. The van der Waals surface area contributed by atoms with Gasteiger partial charge in [0.25, 0.3) is 0 Å². The molecule has 1 aromatic rings. The summed E-state index contributed by atoms with van der Waals surface area (Å²) in [6.45, 7) is 3.92. The van der Waals surface area contributed by atoms with Gasteiger partial charge in [0.15, 0.2) is 5.60 Å². The Morgan fingerprint density at radius 2 is 1.95 bits per heavy atom. The van der Waals surface area contributed by atoms with E-state index in [1.807, 2.05) is 6.92 Å². The van der Waals surface area contributed by atoms with Crippen molar-refractivity contribution in [2.75, 3.05) is 6.54 Å². The number of carbonyl (C=O) groups is 1. The zero-order valence-electron chi connectivity index (χ0n) is 11.0. The fourth-order valence-electron chi connectivity index (χ4n) is 1.49. The number of rotatable bonds is 5. The molecular formula is C12H17NO5S. The summed E-state index contributed by atoms with van der Waals surface area (Å²) in [7, 11) is -3.85. The summed E-state index contributed by atoms with van der Waals surface area (Å²) in [4.78, 5) is 10.8. The topological polar surface area (TPSA) is 104 Å². The molecule has 0 aliphatic rings. The van der Waals surface area contributed by atoms with E-state index in [0.717, 1.165) is 12.5 Å². The van der Waals surface area contributed by atoms with Gasteiger partial charge in [-0.05, 0) is 32.4 Å². The molecule has 1 atom stereocenters. The Morgan fingerprint density at radius 3 is 2.42 bits per heavy atom. The molecule has 106 valence electrons. The second-order valence-corrected chi connectivity index (χ2v) is 6.41. The molecule has 0 saturated carbocycles. The minimum atomic E-state index is -3.85. The predicted molar refractivity (Wildman–Crippen MR) is 69.4 cm³/mol. The molecule has 19 heavy (non-hydrogen) atoms. The number of sulfonamides is 1. The van der Waals surface area contributed by atoms with E-state index in [9.17, 15) is 18.3 Å². The number of carboxylic acid groups (broad SMARTS) is 1. The fourth-order valence-corrected chi connectivity index (χ4v) is 2.85. The molecule has 7 heteroatoms. The predicted octanol–water partition coefficient (Wildman–Crippen LogP) is 0.417. The molecule has 1 aromatic carbocycles. The first kappa shape index (κ1) is 15.6. The van der Waals surface area contributed by atoms with Crippen molar-refractivity contribution in [1.82, 2.24) is 4.72 Å². The maximum atomic E-state index is 12.0. The number of nitrogens with one attached hydrogen (secondary N) is 1. The third-order valence-corrected chi connectivity index (χ3v) is 4.25. The quantitative estimate of drug-likeness (QED) is 0.728. The highest BCUT2D eigenvalue weighted by molar-refractivity contribution is 7.89. The van der Waals surface area contributed by atoms with Crippen molar-refractivity contribution < 1.29 is 23.4 Å². The van der Waals surface area contributed by atoms with E-state index in [4.69, 9.17) is 5.11 Å². The van der Waals surface area contributed by atoms with Crippen LogP contribution in [0.4, 0.5) is 0 Å². The van der Waals surface area contributed by atoms with Crippen LogP contribution in [0.3, 0.4) is 0 Å². The van der Waals surface area contributed by atoms with Crippen molar-refractivity contribution in [2.45, 2.75) is 31.3 Å². The molecule has 0 radical (unpaired) electrons. The Bertz CT molecular complexity index is 592. The lowest BCUT2D eigenvalue weighted by molar-refractivity contribution is -0.155. The molecule has 0 heterocycles. The van der Waals surface area contributed by atoms with Crippen LogP contribution in [0.15, 0.2) is 23.1 Å². The fraction of sp³-hybridized carbons (Fsp3) is 0.417. The van der Waals surface area contributed by atoms with E-state index in [2.05, 4.69) is 4.72 Å². The minimum absolute atomic E-state index is 0.0688. The molecule has 0 aliphatic carbocycles. The Kier molecular flexibility index (Phi) is 4.34. The summed E-state index contributed by atoms with van der Waals surface area (Å²) in [5, 5.41) is 18.2. The van der Waals surface area contributed by atoms with Crippen molar-refractivity contribution >= 4 is 16.0 Å². The maximum absolute atomic E-state index is 12.0. The number of hydrogen-bond acceptors (Lipinski definition) is 4. The van der Waals surface area contributed by atoms with E-state index in [0.29, 0.717) is 5.56 Å². The lowest BCUT2D eigenvalue weighted by Gasteiger charge is -2.18. The molecule has 0 aliphatic heterocycles. The highest BCUT2D eigenvalue weighted by Gasteiger charge is 2.32. The monoisotopic (exact) mass is 287 g/mol. The number of aliphatic carboxylic acids is 1. The van der Waals surface area contributed by atoms with Crippen molar-refractivity contribution in [2.24, 2.45) is 0 Å². The highest BCUT2D eigenvalue weighted by atomic mass is 32.2. The van der Waals surface area contributed by atoms with Crippen LogP contribution in [-0.2, 0) is 14.8 Å². The van der Waals surface area contributed by atoms with Crippen LogP contribution in [0.5, 0.6) is 0 Å². The largest absolute Gasteiger partial charge is 0.479 e. The molecule has 0 fully saturated rings. The van der Waals surface area contributed by atoms with Gasteiger partial charge in [0.1, 0.15) is 0 Å². The zero-order valence-corrected chi connectivity index (χ0v) is 11.8. The van der Waals surface area contributed by atoms with E-state index in [1.54, 1.807) is 19.1 Å². The summed E-state index contributed by atoms with van der Waals surface area (Å²) >= 11 is 0. The van der Waals surface area contributed by atoms with Gasteiger partial charge >= 0.3 is 5.97 Å². The minimum Gasteiger partial charge on any atom is -0.479 e. The first-order valence-electron chi connectivity index (χ1n) is 5.59. The molecule has 1 unspecified atom stereocenters. The van der Waals surface area contributed by atoms with E-state index in [1.165, 1.54) is 6.07 Å². The number of carboxylic acids is 1. The summed E-state index contributed by atoms with van der Waals surface area (Å²) in [6, 6.07) is 4.81. The van der Waals surface area contributed by atoms with Crippen molar-refractivity contribution in [1.29, 1.82) is 0 Å². The number of hydrogen-bond donors (Lipinski definition) is 3. The van der Waals surface area contributed by atoms with Crippen molar-refractivity contribution in [3.8, 4) is 0 Å². The molecule has 0 spiro atoms. The van der Waals surface area contributed by atoms with Crippen LogP contribution >= 0.6 is 0 Å². The molecule has 3 N–H and O–H groups in total. The second kappa shape index (κ2) is 5.28. The molecule has 1 rings (SSSR count). The van der Waals surface area contributed by atoms with Crippen LogP contribution in [0.1, 0.15) is 18.1 Å². The zero-order chi connectivity index (χ0) is 14.8. The molecule has 0 amide bonds. The van der Waals surface area contributed by atoms with Gasteiger partial charge in [-0.2, -0.15) is 0 Å². The summed E-state index contributed by atoms with van der Waals surface area (Å²) in [5.41, 5.74) is -0.664. The Labute approximate surface area is 112 Å². The van der Waals surface area contributed by atoms with E-state index >= 15 is 0 Å². The van der Waals surface area contributed by atoms with Gasteiger partial charge in [0.05, 0.1) is 11.4 Å². The Balaban J connectivity index is 2.97. The summed E-state index contributed by atoms with van der Waals surface area (Å²) in [6.07, 6.45) is 0. The van der Waals surface area contributed by atoms with E-state index < -0.39 is 28.1 Å². The maximum Gasteiger partial charge on any atom is 0.336 e. The van der Waals surface area contributed by atoms with Gasteiger partial charge in [-0.15, -0.1) is 0 Å².